The number of benzene rings is 2. The Hall–Kier alpha value is -4.29. The van der Waals surface area contributed by atoms with Gasteiger partial charge in [0.1, 0.15) is 18.2 Å². The molecular weight excluding hydrogens is 434 g/mol. The van der Waals surface area contributed by atoms with E-state index in [4.69, 9.17) is 5.26 Å². The van der Waals surface area contributed by atoms with Crippen molar-refractivity contribution in [1.82, 2.24) is 14.4 Å². The monoisotopic (exact) mass is 457 g/mol. The first-order valence-corrected chi connectivity index (χ1v) is 10.9. The number of nitriles is 1. The van der Waals surface area contributed by atoms with Gasteiger partial charge in [0.2, 0.25) is 5.91 Å². The molecule has 9 nitrogen and oxygen atoms in total. The molecule has 1 fully saturated rings. The van der Waals surface area contributed by atoms with Gasteiger partial charge < -0.3 is 4.90 Å². The second kappa shape index (κ2) is 10.1. The minimum absolute atomic E-state index is 0.0530. The molecule has 4 rings (SSSR count). The molecule has 0 bridgehead atoms. The number of pyridine rings is 1. The molecule has 3 aromatic rings. The van der Waals surface area contributed by atoms with E-state index >= 15 is 0 Å². The molecule has 0 N–H and O–H groups in total. The van der Waals surface area contributed by atoms with Gasteiger partial charge >= 0.3 is 0 Å². The van der Waals surface area contributed by atoms with Crippen LogP contribution in [-0.2, 0) is 11.3 Å². The summed E-state index contributed by atoms with van der Waals surface area (Å²) in [6.07, 6.45) is 1.01. The van der Waals surface area contributed by atoms with Gasteiger partial charge in [-0.1, -0.05) is 60.7 Å². The average molecular weight is 457 g/mol. The zero-order valence-electron chi connectivity index (χ0n) is 18.4. The van der Waals surface area contributed by atoms with Gasteiger partial charge in [-0.3, -0.25) is 29.2 Å². The average Bonchev–Trinajstić information content (AvgIpc) is 2.87. The lowest BCUT2D eigenvalue weighted by atomic mass is 9.96. The first kappa shape index (κ1) is 22.9. The van der Waals surface area contributed by atoms with Crippen LogP contribution in [-0.4, -0.2) is 51.4 Å². The summed E-state index contributed by atoms with van der Waals surface area (Å²) in [6, 6.07) is 23.0. The molecule has 1 aliphatic heterocycles. The number of hydrogen-bond donors (Lipinski definition) is 0. The Morgan fingerprint density at radius 3 is 2.06 bits per heavy atom. The highest BCUT2D eigenvalue weighted by molar-refractivity contribution is 5.76. The number of amides is 1. The van der Waals surface area contributed by atoms with Crippen LogP contribution < -0.4 is 5.56 Å². The molecule has 1 saturated heterocycles. The van der Waals surface area contributed by atoms with Crippen molar-refractivity contribution in [1.29, 1.82) is 5.26 Å². The fraction of sp³-hybridized carbons (Fsp3) is 0.240. The Bertz CT molecular complexity index is 1240. The van der Waals surface area contributed by atoms with E-state index in [1.54, 1.807) is 11.0 Å². The Labute approximate surface area is 196 Å². The summed E-state index contributed by atoms with van der Waals surface area (Å²) in [4.78, 5) is 39.7. The highest BCUT2D eigenvalue weighted by Gasteiger charge is 2.28. The Kier molecular flexibility index (Phi) is 6.80. The standard InChI is InChI=1S/C25H23N5O4/c26-16-21-15-22(30(33)34)17-29(25(21)32)18-23(31)27-11-13-28(14-12-27)24(19-7-3-1-4-8-19)20-9-5-2-6-10-20/h1-10,15,17,24H,11-14,18H2. The maximum atomic E-state index is 12.9. The third-order valence-electron chi connectivity index (χ3n) is 5.97. The lowest BCUT2D eigenvalue weighted by Gasteiger charge is -2.39. The molecule has 0 spiro atoms. The maximum absolute atomic E-state index is 12.9. The molecule has 1 aromatic heterocycles. The van der Waals surface area contributed by atoms with E-state index in [0.717, 1.165) is 16.8 Å². The van der Waals surface area contributed by atoms with E-state index < -0.39 is 16.2 Å². The van der Waals surface area contributed by atoms with Crippen LogP contribution >= 0.6 is 0 Å². The summed E-state index contributed by atoms with van der Waals surface area (Å²) in [6.45, 7) is 1.84. The molecule has 9 heteroatoms. The van der Waals surface area contributed by atoms with Crippen molar-refractivity contribution < 1.29 is 9.72 Å². The minimum atomic E-state index is -0.715. The molecule has 1 aliphatic rings. The zero-order chi connectivity index (χ0) is 24.1. The Balaban J connectivity index is 1.49. The van der Waals surface area contributed by atoms with Crippen LogP contribution in [0.1, 0.15) is 22.7 Å². The number of carbonyl (C=O) groups is 1. The van der Waals surface area contributed by atoms with E-state index in [1.165, 1.54) is 11.1 Å². The van der Waals surface area contributed by atoms with Gasteiger partial charge in [0.05, 0.1) is 17.2 Å². The lowest BCUT2D eigenvalue weighted by Crippen LogP contribution is -2.51. The molecule has 0 unspecified atom stereocenters. The fourth-order valence-electron chi connectivity index (χ4n) is 4.28. The Morgan fingerprint density at radius 1 is 1.00 bits per heavy atom. The smallest absolute Gasteiger partial charge is 0.287 e. The highest BCUT2D eigenvalue weighted by Crippen LogP contribution is 2.29. The van der Waals surface area contributed by atoms with Gasteiger partial charge in [-0.15, -0.1) is 0 Å². The topological polar surface area (TPSA) is 112 Å². The van der Waals surface area contributed by atoms with Crippen molar-refractivity contribution in [2.75, 3.05) is 26.2 Å². The van der Waals surface area contributed by atoms with Gasteiger partial charge in [0, 0.05) is 32.2 Å². The van der Waals surface area contributed by atoms with Crippen molar-refractivity contribution >= 4 is 11.6 Å². The van der Waals surface area contributed by atoms with E-state index in [2.05, 4.69) is 29.2 Å². The summed E-state index contributed by atoms with van der Waals surface area (Å²) in [5, 5.41) is 20.2. The number of carbonyl (C=O) groups excluding carboxylic acids is 1. The first-order valence-electron chi connectivity index (χ1n) is 10.9. The second-order valence-corrected chi connectivity index (χ2v) is 8.05. The highest BCUT2D eigenvalue weighted by atomic mass is 16.6. The summed E-state index contributed by atoms with van der Waals surface area (Å²) < 4.78 is 0.947. The van der Waals surface area contributed by atoms with E-state index in [9.17, 15) is 19.7 Å². The predicted octanol–water partition coefficient (Wildman–Crippen LogP) is 2.56. The molecule has 0 atom stereocenters. The number of nitrogens with zero attached hydrogens (tertiary/aromatic N) is 5. The quantitative estimate of drug-likeness (QED) is 0.415. The lowest BCUT2D eigenvalue weighted by molar-refractivity contribution is -0.385. The van der Waals surface area contributed by atoms with Gasteiger partial charge in [0.25, 0.3) is 11.2 Å². The van der Waals surface area contributed by atoms with Crippen molar-refractivity contribution in [2.24, 2.45) is 0 Å². The summed E-state index contributed by atoms with van der Waals surface area (Å²) in [7, 11) is 0. The van der Waals surface area contributed by atoms with E-state index in [-0.39, 0.29) is 24.1 Å². The number of aromatic nitrogens is 1. The zero-order valence-corrected chi connectivity index (χ0v) is 18.4. The predicted molar refractivity (Wildman–Crippen MR) is 125 cm³/mol. The van der Waals surface area contributed by atoms with Gasteiger partial charge in [-0.2, -0.15) is 5.26 Å². The molecule has 2 heterocycles. The number of nitro groups is 1. The van der Waals surface area contributed by atoms with Crippen molar-refractivity contribution in [3.8, 4) is 6.07 Å². The van der Waals surface area contributed by atoms with Crippen LogP contribution in [0.4, 0.5) is 5.69 Å². The van der Waals surface area contributed by atoms with Crippen LogP contribution in [0, 0.1) is 21.4 Å². The number of piperazine rings is 1. The molecular formula is C25H23N5O4. The van der Waals surface area contributed by atoms with Gasteiger partial charge in [-0.05, 0) is 11.1 Å². The van der Waals surface area contributed by atoms with Gasteiger partial charge in [0.15, 0.2) is 0 Å². The van der Waals surface area contributed by atoms with Crippen LogP contribution in [0.2, 0.25) is 0 Å². The fourth-order valence-corrected chi connectivity index (χ4v) is 4.28. The van der Waals surface area contributed by atoms with Gasteiger partial charge in [-0.25, -0.2) is 0 Å². The first-order chi connectivity index (χ1) is 16.5. The van der Waals surface area contributed by atoms with E-state index in [0.29, 0.717) is 26.2 Å². The minimum Gasteiger partial charge on any atom is -0.339 e. The summed E-state index contributed by atoms with van der Waals surface area (Å²) in [5.41, 5.74) is 0.859. The van der Waals surface area contributed by atoms with Crippen LogP contribution in [0.5, 0.6) is 0 Å². The normalized spacial score (nSPS) is 14.1. The van der Waals surface area contributed by atoms with Crippen LogP contribution in [0.25, 0.3) is 0 Å². The SMILES string of the molecule is N#Cc1cc([N+](=O)[O-])cn(CC(=O)N2CCN(C(c3ccccc3)c3ccccc3)CC2)c1=O. The van der Waals surface area contributed by atoms with Crippen LogP contribution in [0.3, 0.4) is 0 Å². The molecule has 34 heavy (non-hydrogen) atoms. The molecule has 0 aliphatic carbocycles. The number of rotatable bonds is 6. The third-order valence-corrected chi connectivity index (χ3v) is 5.97. The summed E-state index contributed by atoms with van der Waals surface area (Å²) in [5.74, 6) is -0.317. The van der Waals surface area contributed by atoms with Crippen LogP contribution in [0.15, 0.2) is 77.7 Å². The maximum Gasteiger partial charge on any atom is 0.287 e. The Morgan fingerprint density at radius 2 is 1.56 bits per heavy atom. The van der Waals surface area contributed by atoms with Crippen molar-refractivity contribution in [2.45, 2.75) is 12.6 Å². The largest absolute Gasteiger partial charge is 0.339 e. The molecule has 1 amide bonds. The molecule has 172 valence electrons. The van der Waals surface area contributed by atoms with Crippen molar-refractivity contribution in [3.63, 3.8) is 0 Å². The molecule has 2 aromatic carbocycles. The third kappa shape index (κ3) is 4.87. The van der Waals surface area contributed by atoms with E-state index in [1.807, 2.05) is 36.4 Å². The number of hydrogen-bond acceptors (Lipinski definition) is 6. The molecule has 0 saturated carbocycles. The second-order valence-electron chi connectivity index (χ2n) is 8.05. The van der Waals surface area contributed by atoms with Crippen molar-refractivity contribution in [3.05, 3.63) is 110 Å². The summed E-state index contributed by atoms with van der Waals surface area (Å²) >= 11 is 0. The molecule has 0 radical (unpaired) electrons.